The van der Waals surface area contributed by atoms with Crippen LogP contribution >= 0.6 is 0 Å². The quantitative estimate of drug-likeness (QED) is 0.717. The van der Waals surface area contributed by atoms with E-state index in [4.69, 9.17) is 10.6 Å². The van der Waals surface area contributed by atoms with Crippen LogP contribution < -0.4 is 10.6 Å². The van der Waals surface area contributed by atoms with Gasteiger partial charge >= 0.3 is 0 Å². The predicted octanol–water partition coefficient (Wildman–Crippen LogP) is 1.35. The summed E-state index contributed by atoms with van der Waals surface area (Å²) in [5.41, 5.74) is 1.92. The molecule has 13 heavy (non-hydrogen) atoms. The minimum atomic E-state index is -0.142. The lowest BCUT2D eigenvalue weighted by atomic mass is 10.1. The Morgan fingerprint density at radius 2 is 2.23 bits per heavy atom. The van der Waals surface area contributed by atoms with E-state index in [2.05, 4.69) is 9.82 Å². The molecule has 0 saturated carbocycles. The molecule has 0 saturated heterocycles. The maximum atomic E-state index is 5.07. The van der Waals surface area contributed by atoms with Crippen molar-refractivity contribution < 1.29 is 9.57 Å². The number of aromatic nitrogens is 1. The molecule has 0 fully saturated rings. The van der Waals surface area contributed by atoms with E-state index in [1.54, 1.807) is 13.3 Å². The van der Waals surface area contributed by atoms with Crippen LogP contribution in [0, 0.1) is 6.92 Å². The normalized spacial score (nSPS) is 12.6. The first kappa shape index (κ1) is 9.95. The SMILES string of the molecule is COc1ncc(C(C)ON)cc1C. The summed E-state index contributed by atoms with van der Waals surface area (Å²) in [7, 11) is 1.60. The number of pyridine rings is 1. The van der Waals surface area contributed by atoms with Crippen LogP contribution in [0.4, 0.5) is 0 Å². The highest BCUT2D eigenvalue weighted by atomic mass is 16.6. The van der Waals surface area contributed by atoms with Crippen molar-refractivity contribution in [3.05, 3.63) is 23.4 Å². The molecule has 72 valence electrons. The summed E-state index contributed by atoms with van der Waals surface area (Å²) in [4.78, 5) is 8.79. The third kappa shape index (κ3) is 2.17. The molecule has 1 rings (SSSR count). The summed E-state index contributed by atoms with van der Waals surface area (Å²) in [6.07, 6.45) is 1.56. The molecule has 1 aromatic rings. The van der Waals surface area contributed by atoms with Gasteiger partial charge in [-0.15, -0.1) is 0 Å². The third-order valence-electron chi connectivity index (χ3n) is 1.92. The minimum Gasteiger partial charge on any atom is -0.481 e. The molecular weight excluding hydrogens is 168 g/mol. The first-order valence-electron chi connectivity index (χ1n) is 4.05. The van der Waals surface area contributed by atoms with Crippen LogP contribution in [0.5, 0.6) is 5.88 Å². The van der Waals surface area contributed by atoms with Gasteiger partial charge in [0.05, 0.1) is 7.11 Å². The second-order valence-electron chi connectivity index (χ2n) is 2.87. The average molecular weight is 182 g/mol. The Kier molecular flexibility index (Phi) is 3.22. The van der Waals surface area contributed by atoms with Crippen LogP contribution in [0.1, 0.15) is 24.2 Å². The van der Waals surface area contributed by atoms with Gasteiger partial charge in [-0.05, 0) is 19.9 Å². The summed E-state index contributed by atoms with van der Waals surface area (Å²) in [5, 5.41) is 0. The second-order valence-corrected chi connectivity index (χ2v) is 2.87. The van der Waals surface area contributed by atoms with Crippen molar-refractivity contribution >= 4 is 0 Å². The van der Waals surface area contributed by atoms with Crippen LogP contribution in [0.2, 0.25) is 0 Å². The molecule has 0 bridgehead atoms. The van der Waals surface area contributed by atoms with Gasteiger partial charge in [0.15, 0.2) is 0 Å². The summed E-state index contributed by atoms with van der Waals surface area (Å²) in [6, 6.07) is 1.95. The zero-order valence-corrected chi connectivity index (χ0v) is 8.07. The zero-order valence-electron chi connectivity index (χ0n) is 8.07. The number of nitrogens with zero attached hydrogens (tertiary/aromatic N) is 1. The van der Waals surface area contributed by atoms with Gasteiger partial charge in [-0.2, -0.15) is 0 Å². The third-order valence-corrected chi connectivity index (χ3v) is 1.92. The van der Waals surface area contributed by atoms with Crippen LogP contribution in [0.15, 0.2) is 12.3 Å². The lowest BCUT2D eigenvalue weighted by Gasteiger charge is -2.10. The monoisotopic (exact) mass is 182 g/mol. The van der Waals surface area contributed by atoms with Crippen molar-refractivity contribution in [2.75, 3.05) is 7.11 Å². The van der Waals surface area contributed by atoms with Crippen molar-refractivity contribution in [2.45, 2.75) is 20.0 Å². The van der Waals surface area contributed by atoms with Gasteiger partial charge in [0.1, 0.15) is 6.10 Å². The first-order valence-corrected chi connectivity index (χ1v) is 4.05. The highest BCUT2D eigenvalue weighted by Gasteiger charge is 2.07. The number of hydrogen-bond donors (Lipinski definition) is 1. The molecule has 0 aliphatic rings. The number of ether oxygens (including phenoxy) is 1. The summed E-state index contributed by atoms with van der Waals surface area (Å²) < 4.78 is 5.03. The lowest BCUT2D eigenvalue weighted by Crippen LogP contribution is -2.06. The number of aryl methyl sites for hydroxylation is 1. The second kappa shape index (κ2) is 4.20. The van der Waals surface area contributed by atoms with Crippen molar-refractivity contribution in [3.8, 4) is 5.88 Å². The first-order chi connectivity index (χ1) is 6.19. The average Bonchev–Trinajstić information content (AvgIpc) is 2.16. The molecule has 0 aliphatic carbocycles. The van der Waals surface area contributed by atoms with E-state index in [1.807, 2.05) is 19.9 Å². The maximum Gasteiger partial charge on any atom is 0.215 e. The van der Waals surface area contributed by atoms with Crippen LogP contribution in [-0.4, -0.2) is 12.1 Å². The Bertz CT molecular complexity index is 289. The van der Waals surface area contributed by atoms with E-state index < -0.39 is 0 Å². The molecule has 0 radical (unpaired) electrons. The lowest BCUT2D eigenvalue weighted by molar-refractivity contribution is 0.0661. The Balaban J connectivity index is 2.95. The van der Waals surface area contributed by atoms with Crippen LogP contribution in [0.3, 0.4) is 0 Å². The highest BCUT2D eigenvalue weighted by molar-refractivity contribution is 5.29. The van der Waals surface area contributed by atoms with Crippen molar-refractivity contribution in [2.24, 2.45) is 5.90 Å². The molecule has 0 amide bonds. The Labute approximate surface area is 77.6 Å². The fourth-order valence-corrected chi connectivity index (χ4v) is 1.10. The smallest absolute Gasteiger partial charge is 0.215 e. The fourth-order valence-electron chi connectivity index (χ4n) is 1.10. The maximum absolute atomic E-state index is 5.07. The standard InChI is InChI=1S/C9H14N2O2/c1-6-4-8(7(2)13-10)5-11-9(6)12-3/h4-5,7H,10H2,1-3H3. The molecule has 2 N–H and O–H groups in total. The van der Waals surface area contributed by atoms with Crippen LogP contribution in [0.25, 0.3) is 0 Å². The van der Waals surface area contributed by atoms with Crippen molar-refractivity contribution in [1.82, 2.24) is 4.98 Å². The fraction of sp³-hybridized carbons (Fsp3) is 0.444. The molecule has 0 aromatic carbocycles. The van der Waals surface area contributed by atoms with Gasteiger partial charge in [0.25, 0.3) is 0 Å². The van der Waals surface area contributed by atoms with E-state index in [-0.39, 0.29) is 6.10 Å². The van der Waals surface area contributed by atoms with Gasteiger partial charge in [0, 0.05) is 17.3 Å². The Morgan fingerprint density at radius 3 is 2.69 bits per heavy atom. The molecule has 1 unspecified atom stereocenters. The summed E-state index contributed by atoms with van der Waals surface area (Å²) >= 11 is 0. The number of hydrogen-bond acceptors (Lipinski definition) is 4. The predicted molar refractivity (Wildman–Crippen MR) is 49.2 cm³/mol. The number of rotatable bonds is 3. The van der Waals surface area contributed by atoms with Gasteiger partial charge in [-0.3, -0.25) is 4.84 Å². The van der Waals surface area contributed by atoms with E-state index in [0.717, 1.165) is 11.1 Å². The zero-order chi connectivity index (χ0) is 9.84. The van der Waals surface area contributed by atoms with E-state index in [9.17, 15) is 0 Å². The van der Waals surface area contributed by atoms with Gasteiger partial charge < -0.3 is 4.74 Å². The molecule has 1 aromatic heterocycles. The van der Waals surface area contributed by atoms with Crippen molar-refractivity contribution in [1.29, 1.82) is 0 Å². The molecule has 4 nitrogen and oxygen atoms in total. The minimum absolute atomic E-state index is 0.142. The largest absolute Gasteiger partial charge is 0.481 e. The van der Waals surface area contributed by atoms with E-state index >= 15 is 0 Å². The molecule has 4 heteroatoms. The molecule has 0 spiro atoms. The van der Waals surface area contributed by atoms with E-state index in [1.165, 1.54) is 0 Å². The van der Waals surface area contributed by atoms with Crippen molar-refractivity contribution in [3.63, 3.8) is 0 Å². The highest BCUT2D eigenvalue weighted by Crippen LogP contribution is 2.20. The van der Waals surface area contributed by atoms with E-state index in [0.29, 0.717) is 5.88 Å². The van der Waals surface area contributed by atoms with Crippen LogP contribution in [-0.2, 0) is 4.84 Å². The number of methoxy groups -OCH3 is 1. The molecular formula is C9H14N2O2. The molecule has 0 aliphatic heterocycles. The summed E-state index contributed by atoms with van der Waals surface area (Å²) in [5.74, 6) is 5.70. The Morgan fingerprint density at radius 1 is 1.54 bits per heavy atom. The molecule has 1 atom stereocenters. The topological polar surface area (TPSA) is 57.4 Å². The van der Waals surface area contributed by atoms with Gasteiger partial charge in [0.2, 0.25) is 5.88 Å². The molecule has 1 heterocycles. The summed E-state index contributed by atoms with van der Waals surface area (Å²) in [6.45, 7) is 3.79. The Hall–Kier alpha value is -1.13. The van der Waals surface area contributed by atoms with Gasteiger partial charge in [-0.25, -0.2) is 10.9 Å². The number of nitrogens with two attached hydrogens (primary N) is 1. The van der Waals surface area contributed by atoms with Gasteiger partial charge in [-0.1, -0.05) is 0 Å².